The lowest BCUT2D eigenvalue weighted by Gasteiger charge is -2.19. The van der Waals surface area contributed by atoms with Crippen molar-refractivity contribution in [3.8, 4) is 0 Å². The monoisotopic (exact) mass is 307 g/mol. The van der Waals surface area contributed by atoms with E-state index >= 15 is 0 Å². The molecule has 0 bridgehead atoms. The van der Waals surface area contributed by atoms with E-state index in [1.807, 2.05) is 30.5 Å². The van der Waals surface area contributed by atoms with Crippen LogP contribution in [0.4, 0.5) is 11.4 Å². The largest absolute Gasteiger partial charge is 0.399 e. The lowest BCUT2D eigenvalue weighted by atomic mass is 10.1. The third kappa shape index (κ3) is 3.08. The highest BCUT2D eigenvalue weighted by Crippen LogP contribution is 2.20. The molecule has 0 fully saturated rings. The van der Waals surface area contributed by atoms with E-state index in [1.165, 1.54) is 11.8 Å². The van der Waals surface area contributed by atoms with Crippen LogP contribution in [0.5, 0.6) is 0 Å². The van der Waals surface area contributed by atoms with Gasteiger partial charge >= 0.3 is 0 Å². The summed E-state index contributed by atoms with van der Waals surface area (Å²) in [5.41, 5.74) is 8.65. The zero-order valence-electron chi connectivity index (χ0n) is 12.7. The molecular weight excluding hydrogens is 290 g/mol. The fourth-order valence-corrected chi connectivity index (χ4v) is 2.59. The average Bonchev–Trinajstić information content (AvgIpc) is 2.96. The van der Waals surface area contributed by atoms with Crippen molar-refractivity contribution in [3.63, 3.8) is 0 Å². The molecule has 0 unspecified atom stereocenters. The molecule has 0 aliphatic rings. The summed E-state index contributed by atoms with van der Waals surface area (Å²) in [6.45, 7) is 1.38. The van der Waals surface area contributed by atoms with Crippen LogP contribution in [-0.4, -0.2) is 16.8 Å². The Morgan fingerprint density at radius 1 is 1.09 bits per heavy atom. The predicted octanol–water partition coefficient (Wildman–Crippen LogP) is 2.87. The maximum Gasteiger partial charge on any atom is 0.238 e. The molecule has 2 amide bonds. The molecule has 23 heavy (non-hydrogen) atoms. The molecule has 1 heterocycles. The number of fused-ring (bicyclic) bond motifs is 1. The van der Waals surface area contributed by atoms with Gasteiger partial charge in [-0.05, 0) is 53.4 Å². The molecule has 0 atom stereocenters. The van der Waals surface area contributed by atoms with Crippen LogP contribution in [0.15, 0.2) is 54.7 Å². The van der Waals surface area contributed by atoms with Crippen molar-refractivity contribution in [2.24, 2.45) is 0 Å². The van der Waals surface area contributed by atoms with Crippen molar-refractivity contribution in [1.82, 2.24) is 4.98 Å². The Hall–Kier alpha value is -3.08. The minimum Gasteiger partial charge on any atom is -0.399 e. The zero-order valence-corrected chi connectivity index (χ0v) is 12.7. The average molecular weight is 307 g/mol. The Labute approximate surface area is 133 Å². The highest BCUT2D eigenvalue weighted by atomic mass is 16.2. The summed E-state index contributed by atoms with van der Waals surface area (Å²) in [4.78, 5) is 28.8. The number of anilines is 2. The zero-order chi connectivity index (χ0) is 16.4. The van der Waals surface area contributed by atoms with Gasteiger partial charge in [-0.1, -0.05) is 6.07 Å². The number of nitrogens with one attached hydrogen (secondary N) is 1. The van der Waals surface area contributed by atoms with Gasteiger partial charge < -0.3 is 10.7 Å². The summed E-state index contributed by atoms with van der Waals surface area (Å²) in [5, 5.41) is 1.04. The number of aromatic amines is 1. The Bertz CT molecular complexity index is 865. The molecule has 5 nitrogen and oxygen atoms in total. The molecule has 116 valence electrons. The first-order valence-electron chi connectivity index (χ1n) is 7.29. The highest BCUT2D eigenvalue weighted by molar-refractivity contribution is 6.14. The Morgan fingerprint density at radius 3 is 2.52 bits per heavy atom. The molecule has 0 saturated carbocycles. The van der Waals surface area contributed by atoms with E-state index in [4.69, 9.17) is 5.73 Å². The minimum atomic E-state index is -0.317. The van der Waals surface area contributed by atoms with Gasteiger partial charge in [0.1, 0.15) is 0 Å². The number of carbonyl (C=O) groups excluding carboxylic acids is 2. The van der Waals surface area contributed by atoms with Crippen LogP contribution in [0.2, 0.25) is 0 Å². The first-order chi connectivity index (χ1) is 11.0. The second-order valence-corrected chi connectivity index (χ2v) is 5.42. The number of imide groups is 1. The Balaban J connectivity index is 1.86. The molecule has 5 heteroatoms. The quantitative estimate of drug-likeness (QED) is 0.730. The van der Waals surface area contributed by atoms with Gasteiger partial charge in [-0.2, -0.15) is 0 Å². The molecule has 0 saturated heterocycles. The van der Waals surface area contributed by atoms with Crippen LogP contribution in [0.25, 0.3) is 10.9 Å². The minimum absolute atomic E-state index is 0.158. The van der Waals surface area contributed by atoms with Crippen molar-refractivity contribution in [3.05, 3.63) is 60.3 Å². The maximum absolute atomic E-state index is 12.6. The van der Waals surface area contributed by atoms with Gasteiger partial charge in [0.15, 0.2) is 0 Å². The number of benzene rings is 2. The number of nitrogen functional groups attached to an aromatic ring is 1. The van der Waals surface area contributed by atoms with Crippen molar-refractivity contribution < 1.29 is 9.59 Å². The van der Waals surface area contributed by atoms with Gasteiger partial charge in [-0.25, -0.2) is 0 Å². The molecule has 0 radical (unpaired) electrons. The third-order valence-electron chi connectivity index (χ3n) is 3.69. The lowest BCUT2D eigenvalue weighted by molar-refractivity contribution is -0.125. The number of amides is 2. The molecule has 2 aromatic carbocycles. The van der Waals surface area contributed by atoms with Crippen LogP contribution in [-0.2, 0) is 16.0 Å². The second-order valence-electron chi connectivity index (χ2n) is 5.42. The molecule has 3 rings (SSSR count). The summed E-state index contributed by atoms with van der Waals surface area (Å²) >= 11 is 0. The summed E-state index contributed by atoms with van der Waals surface area (Å²) < 4.78 is 0. The van der Waals surface area contributed by atoms with E-state index in [1.54, 1.807) is 24.3 Å². The smallest absolute Gasteiger partial charge is 0.238 e. The predicted molar refractivity (Wildman–Crippen MR) is 91.0 cm³/mol. The molecule has 0 aliphatic heterocycles. The molecular formula is C18H17N3O2. The van der Waals surface area contributed by atoms with E-state index in [0.29, 0.717) is 11.4 Å². The van der Waals surface area contributed by atoms with Crippen molar-refractivity contribution in [2.75, 3.05) is 10.6 Å². The van der Waals surface area contributed by atoms with Gasteiger partial charge in [0.2, 0.25) is 11.8 Å². The van der Waals surface area contributed by atoms with Gasteiger partial charge in [0, 0.05) is 24.3 Å². The topological polar surface area (TPSA) is 79.2 Å². The Morgan fingerprint density at radius 2 is 1.83 bits per heavy atom. The summed E-state index contributed by atoms with van der Waals surface area (Å²) in [5.74, 6) is -0.584. The van der Waals surface area contributed by atoms with Crippen LogP contribution in [0, 0.1) is 0 Å². The molecule has 0 aliphatic carbocycles. The Kier molecular flexibility index (Phi) is 3.85. The SMILES string of the molecule is CC(=O)N(C(=O)Cc1ccc2[nH]ccc2c1)c1ccc(N)cc1. The fraction of sp³-hybridized carbons (Fsp3) is 0.111. The molecule has 3 N–H and O–H groups in total. The summed E-state index contributed by atoms with van der Waals surface area (Å²) in [6.07, 6.45) is 2.01. The fourth-order valence-electron chi connectivity index (χ4n) is 2.59. The van der Waals surface area contributed by atoms with Crippen LogP contribution in [0.3, 0.4) is 0 Å². The van der Waals surface area contributed by atoms with Gasteiger partial charge in [0.05, 0.1) is 12.1 Å². The van der Waals surface area contributed by atoms with E-state index in [2.05, 4.69) is 4.98 Å². The van der Waals surface area contributed by atoms with Crippen LogP contribution < -0.4 is 10.6 Å². The molecule has 3 aromatic rings. The van der Waals surface area contributed by atoms with E-state index < -0.39 is 0 Å². The number of nitrogens with zero attached hydrogens (tertiary/aromatic N) is 1. The maximum atomic E-state index is 12.6. The van der Waals surface area contributed by atoms with Gasteiger partial charge in [-0.3, -0.25) is 14.5 Å². The van der Waals surface area contributed by atoms with Crippen LogP contribution in [0.1, 0.15) is 12.5 Å². The van der Waals surface area contributed by atoms with Gasteiger partial charge in [-0.15, -0.1) is 0 Å². The molecule has 0 spiro atoms. The number of H-pyrrole nitrogens is 1. The number of rotatable bonds is 3. The lowest BCUT2D eigenvalue weighted by Crippen LogP contribution is -2.36. The summed E-state index contributed by atoms with van der Waals surface area (Å²) in [6, 6.07) is 14.4. The van der Waals surface area contributed by atoms with Crippen LogP contribution >= 0.6 is 0 Å². The number of carbonyl (C=O) groups is 2. The normalized spacial score (nSPS) is 10.7. The van der Waals surface area contributed by atoms with E-state index in [-0.39, 0.29) is 18.2 Å². The number of hydrogen-bond acceptors (Lipinski definition) is 3. The van der Waals surface area contributed by atoms with Crippen molar-refractivity contribution in [1.29, 1.82) is 0 Å². The molecule has 1 aromatic heterocycles. The second kappa shape index (κ2) is 5.96. The first-order valence-corrected chi connectivity index (χ1v) is 7.29. The number of hydrogen-bond donors (Lipinski definition) is 2. The van der Waals surface area contributed by atoms with E-state index in [0.717, 1.165) is 16.5 Å². The van der Waals surface area contributed by atoms with E-state index in [9.17, 15) is 9.59 Å². The number of aromatic nitrogens is 1. The van der Waals surface area contributed by atoms with Gasteiger partial charge in [0.25, 0.3) is 0 Å². The third-order valence-corrected chi connectivity index (χ3v) is 3.69. The highest BCUT2D eigenvalue weighted by Gasteiger charge is 2.20. The summed E-state index contributed by atoms with van der Waals surface area (Å²) in [7, 11) is 0. The van der Waals surface area contributed by atoms with Crippen molar-refractivity contribution in [2.45, 2.75) is 13.3 Å². The first kappa shape index (κ1) is 14.8. The standard InChI is InChI=1S/C18H17N3O2/c1-12(22)21(16-5-3-15(19)4-6-16)18(23)11-13-2-7-17-14(10-13)8-9-20-17/h2-10,20H,11,19H2,1H3. The van der Waals surface area contributed by atoms with Crippen molar-refractivity contribution >= 4 is 34.1 Å². The number of nitrogens with two attached hydrogens (primary N) is 1.